The number of unbranched alkanes of at least 4 members (excludes halogenated alkanes) is 1. The molecule has 0 saturated carbocycles. The molecule has 0 bridgehead atoms. The standard InChI is InChI=1S/C24H28N4O5S/c1-16-6-2-3-7-19(16)27-24(33)26-18-12-10-17(11-13-18)25-23(32)20-14-34-15-28(20)21(29)8-4-5-9-22(30)31/h2-3,6-7,10-13,20H,4-5,8-9,14-15H2,1H3,(H,25,32)(H,30,31)(H2,26,27,33)/t20-/m0/s1. The topological polar surface area (TPSA) is 128 Å². The highest BCUT2D eigenvalue weighted by atomic mass is 32.2. The van der Waals surface area contributed by atoms with Crippen LogP contribution in [0, 0.1) is 6.92 Å². The van der Waals surface area contributed by atoms with E-state index in [1.807, 2.05) is 31.2 Å². The predicted octanol–water partition coefficient (Wildman–Crippen LogP) is 4.12. The van der Waals surface area contributed by atoms with Crippen LogP contribution in [0.2, 0.25) is 0 Å². The van der Waals surface area contributed by atoms with E-state index in [2.05, 4.69) is 16.0 Å². The van der Waals surface area contributed by atoms with Crippen molar-refractivity contribution in [2.24, 2.45) is 0 Å². The van der Waals surface area contributed by atoms with Gasteiger partial charge in [0.15, 0.2) is 0 Å². The first-order valence-electron chi connectivity index (χ1n) is 11.0. The molecule has 3 rings (SSSR count). The van der Waals surface area contributed by atoms with Crippen molar-refractivity contribution in [1.82, 2.24) is 4.90 Å². The molecule has 34 heavy (non-hydrogen) atoms. The number of anilines is 3. The Labute approximate surface area is 202 Å². The van der Waals surface area contributed by atoms with Crippen molar-refractivity contribution in [3.63, 3.8) is 0 Å². The summed E-state index contributed by atoms with van der Waals surface area (Å²) < 4.78 is 0. The molecule has 1 heterocycles. The maximum absolute atomic E-state index is 12.8. The number of amides is 4. The zero-order valence-electron chi connectivity index (χ0n) is 18.9. The number of thioether (sulfide) groups is 1. The molecule has 4 amide bonds. The first-order chi connectivity index (χ1) is 16.3. The van der Waals surface area contributed by atoms with Crippen LogP contribution in [0.1, 0.15) is 31.2 Å². The lowest BCUT2D eigenvalue weighted by Gasteiger charge is -2.23. The highest BCUT2D eigenvalue weighted by Gasteiger charge is 2.34. The summed E-state index contributed by atoms with van der Waals surface area (Å²) in [7, 11) is 0. The molecule has 1 fully saturated rings. The Morgan fingerprint density at radius 2 is 1.59 bits per heavy atom. The van der Waals surface area contributed by atoms with Crippen LogP contribution in [0.3, 0.4) is 0 Å². The number of hydrogen-bond acceptors (Lipinski definition) is 5. The summed E-state index contributed by atoms with van der Waals surface area (Å²) in [4.78, 5) is 49.7. The van der Waals surface area contributed by atoms with Gasteiger partial charge in [0, 0.05) is 35.7 Å². The number of para-hydroxylation sites is 1. The van der Waals surface area contributed by atoms with E-state index in [0.717, 1.165) is 11.3 Å². The second-order valence-corrected chi connectivity index (χ2v) is 8.94. The maximum atomic E-state index is 12.8. The number of urea groups is 1. The van der Waals surface area contributed by atoms with Crippen LogP contribution in [-0.2, 0) is 14.4 Å². The van der Waals surface area contributed by atoms with Crippen molar-refractivity contribution >= 4 is 52.6 Å². The number of nitrogens with one attached hydrogen (secondary N) is 3. The van der Waals surface area contributed by atoms with Gasteiger partial charge >= 0.3 is 12.0 Å². The Hall–Kier alpha value is -3.53. The van der Waals surface area contributed by atoms with Crippen molar-refractivity contribution in [3.8, 4) is 0 Å². The monoisotopic (exact) mass is 484 g/mol. The third-order valence-electron chi connectivity index (χ3n) is 5.34. The third kappa shape index (κ3) is 7.24. The molecule has 0 aliphatic carbocycles. The zero-order valence-corrected chi connectivity index (χ0v) is 19.7. The zero-order chi connectivity index (χ0) is 24.5. The quantitative estimate of drug-likeness (QED) is 0.397. The molecule has 1 atom stereocenters. The lowest BCUT2D eigenvalue weighted by Crippen LogP contribution is -2.44. The number of nitrogens with zero attached hydrogens (tertiary/aromatic N) is 1. The number of hydrogen-bond donors (Lipinski definition) is 4. The van der Waals surface area contributed by atoms with Gasteiger partial charge in [-0.25, -0.2) is 4.79 Å². The minimum atomic E-state index is -0.880. The van der Waals surface area contributed by atoms with Crippen LogP contribution >= 0.6 is 11.8 Å². The van der Waals surface area contributed by atoms with Gasteiger partial charge in [0.05, 0.1) is 5.88 Å². The summed E-state index contributed by atoms with van der Waals surface area (Å²) in [6, 6.07) is 13.3. The fraction of sp³-hybridized carbons (Fsp3) is 0.333. The summed E-state index contributed by atoms with van der Waals surface area (Å²) in [5, 5.41) is 17.1. The molecule has 1 aliphatic rings. The molecule has 9 nitrogen and oxygen atoms in total. The number of aryl methyl sites for hydroxylation is 1. The van der Waals surface area contributed by atoms with E-state index in [-0.39, 0.29) is 30.7 Å². The summed E-state index contributed by atoms with van der Waals surface area (Å²) in [5.41, 5.74) is 2.80. The molecule has 1 aliphatic heterocycles. The summed E-state index contributed by atoms with van der Waals surface area (Å²) in [6.45, 7) is 1.91. The average molecular weight is 485 g/mol. The Morgan fingerprint density at radius 1 is 0.941 bits per heavy atom. The number of benzene rings is 2. The van der Waals surface area contributed by atoms with Gasteiger partial charge in [-0.2, -0.15) is 0 Å². The number of carbonyl (C=O) groups excluding carboxylic acids is 3. The number of carbonyl (C=O) groups is 4. The van der Waals surface area contributed by atoms with Gasteiger partial charge in [-0.05, 0) is 55.7 Å². The van der Waals surface area contributed by atoms with Crippen LogP contribution in [0.4, 0.5) is 21.9 Å². The van der Waals surface area contributed by atoms with Gasteiger partial charge in [0.25, 0.3) is 0 Å². The van der Waals surface area contributed by atoms with Crippen LogP contribution < -0.4 is 16.0 Å². The summed E-state index contributed by atoms with van der Waals surface area (Å²) in [5.74, 6) is -0.355. The van der Waals surface area contributed by atoms with Crippen LogP contribution in [0.5, 0.6) is 0 Å². The fourth-order valence-corrected chi connectivity index (χ4v) is 4.64. The Bertz CT molecular complexity index is 1040. The molecule has 0 unspecified atom stereocenters. The second kappa shape index (κ2) is 12.1. The first kappa shape index (κ1) is 25.1. The average Bonchev–Trinajstić information content (AvgIpc) is 3.30. The molecule has 0 aromatic heterocycles. The van der Waals surface area contributed by atoms with E-state index in [1.54, 1.807) is 29.2 Å². The van der Waals surface area contributed by atoms with Crippen LogP contribution in [0.25, 0.3) is 0 Å². The van der Waals surface area contributed by atoms with E-state index in [0.29, 0.717) is 35.8 Å². The molecule has 2 aromatic rings. The van der Waals surface area contributed by atoms with Crippen molar-refractivity contribution in [3.05, 3.63) is 54.1 Å². The molecule has 0 spiro atoms. The van der Waals surface area contributed by atoms with Crippen LogP contribution in [0.15, 0.2) is 48.5 Å². The van der Waals surface area contributed by atoms with E-state index < -0.39 is 12.0 Å². The third-order valence-corrected chi connectivity index (χ3v) is 6.35. The minimum Gasteiger partial charge on any atom is -0.481 e. The Balaban J connectivity index is 1.49. The van der Waals surface area contributed by atoms with Gasteiger partial charge in [0.2, 0.25) is 11.8 Å². The molecule has 180 valence electrons. The Kier molecular flexibility index (Phi) is 8.92. The highest BCUT2D eigenvalue weighted by molar-refractivity contribution is 7.99. The summed E-state index contributed by atoms with van der Waals surface area (Å²) >= 11 is 1.51. The van der Waals surface area contributed by atoms with Gasteiger partial charge in [-0.3, -0.25) is 14.4 Å². The van der Waals surface area contributed by atoms with Crippen LogP contribution in [-0.4, -0.2) is 51.5 Å². The number of aliphatic carboxylic acids is 1. The molecule has 10 heteroatoms. The van der Waals surface area contributed by atoms with Gasteiger partial charge in [0.1, 0.15) is 6.04 Å². The SMILES string of the molecule is Cc1ccccc1NC(=O)Nc1ccc(NC(=O)[C@@H]2CSCN2C(=O)CCCCC(=O)O)cc1. The maximum Gasteiger partial charge on any atom is 0.323 e. The highest BCUT2D eigenvalue weighted by Crippen LogP contribution is 2.24. The minimum absolute atomic E-state index is 0.0321. The largest absolute Gasteiger partial charge is 0.481 e. The van der Waals surface area contributed by atoms with E-state index in [4.69, 9.17) is 5.11 Å². The van der Waals surface area contributed by atoms with E-state index in [1.165, 1.54) is 11.8 Å². The van der Waals surface area contributed by atoms with Crippen molar-refractivity contribution in [2.75, 3.05) is 27.6 Å². The number of rotatable bonds is 9. The van der Waals surface area contributed by atoms with Crippen molar-refractivity contribution < 1.29 is 24.3 Å². The Morgan fingerprint density at radius 3 is 2.26 bits per heavy atom. The molecule has 2 aromatic carbocycles. The molecular formula is C24H28N4O5S. The molecule has 1 saturated heterocycles. The summed E-state index contributed by atoms with van der Waals surface area (Å²) in [6.07, 6.45) is 1.17. The predicted molar refractivity (Wildman–Crippen MR) is 133 cm³/mol. The first-order valence-corrected chi connectivity index (χ1v) is 12.1. The van der Waals surface area contributed by atoms with Gasteiger partial charge in [-0.15, -0.1) is 11.8 Å². The number of carboxylic acid groups (broad SMARTS) is 1. The van der Waals surface area contributed by atoms with Crippen molar-refractivity contribution in [2.45, 2.75) is 38.6 Å². The van der Waals surface area contributed by atoms with Gasteiger partial charge in [-0.1, -0.05) is 18.2 Å². The number of carboxylic acids is 1. The normalized spacial score (nSPS) is 15.0. The molecular weight excluding hydrogens is 456 g/mol. The second-order valence-electron chi connectivity index (χ2n) is 7.94. The van der Waals surface area contributed by atoms with E-state index >= 15 is 0 Å². The lowest BCUT2D eigenvalue weighted by atomic mass is 10.1. The smallest absolute Gasteiger partial charge is 0.323 e. The lowest BCUT2D eigenvalue weighted by molar-refractivity contribution is -0.138. The fourth-order valence-electron chi connectivity index (χ4n) is 3.46. The molecule has 4 N–H and O–H groups in total. The van der Waals surface area contributed by atoms with Crippen molar-refractivity contribution in [1.29, 1.82) is 0 Å². The molecule has 0 radical (unpaired) electrons. The van der Waals surface area contributed by atoms with Gasteiger partial charge < -0.3 is 26.0 Å². The van der Waals surface area contributed by atoms with E-state index in [9.17, 15) is 19.2 Å².